The summed E-state index contributed by atoms with van der Waals surface area (Å²) in [5, 5.41) is 5.77. The van der Waals surface area contributed by atoms with Crippen LogP contribution >= 0.6 is 0 Å². The molecule has 3 amide bonds. The molecule has 2 N–H and O–H groups in total. The molecule has 9 heteroatoms. The van der Waals surface area contributed by atoms with Crippen LogP contribution in [-0.4, -0.2) is 86.8 Å². The molecule has 8 nitrogen and oxygen atoms in total. The number of carbonyl (C=O) groups is 3. The number of anilines is 2. The molecule has 4 atom stereocenters. The fraction of sp³-hybridized carbons (Fsp3) is 0.429. The number of likely N-dealkylation sites (tertiary alicyclic amines) is 1. The number of carbonyl (C=O) groups excluding carboxylic acids is 3. The number of rotatable bonds is 10. The van der Waals surface area contributed by atoms with Crippen molar-refractivity contribution in [3.05, 3.63) is 53.6 Å². The monoisotopic (exact) mass is 504 g/mol. The summed E-state index contributed by atoms with van der Waals surface area (Å²) in [5.41, 5.74) is 4.42. The molecule has 1 fully saturated rings. The van der Waals surface area contributed by atoms with Crippen LogP contribution in [-0.2, 0) is 14.3 Å². The van der Waals surface area contributed by atoms with Crippen LogP contribution in [0, 0.1) is 6.92 Å². The number of likely N-dealkylation sites (N-methyl/N-ethyl adjacent to an activating group) is 1. The van der Waals surface area contributed by atoms with E-state index in [4.69, 9.17) is 4.74 Å². The summed E-state index contributed by atoms with van der Waals surface area (Å²) in [5.74, 6) is -0.0861. The van der Waals surface area contributed by atoms with Crippen LogP contribution in [0.25, 0.3) is 0 Å². The number of hydrogen-bond acceptors (Lipinski definition) is 5. The molecule has 1 aliphatic rings. The van der Waals surface area contributed by atoms with Gasteiger partial charge in [-0.05, 0) is 37.6 Å². The summed E-state index contributed by atoms with van der Waals surface area (Å²) >= 11 is 0. The van der Waals surface area contributed by atoms with E-state index in [1.807, 2.05) is 30.3 Å². The molecule has 0 saturated carbocycles. The first-order valence-electron chi connectivity index (χ1n) is 12.6. The first-order valence-corrected chi connectivity index (χ1v) is 12.6. The van der Waals surface area contributed by atoms with Gasteiger partial charge in [0.2, 0.25) is 0 Å². The molecule has 2 aromatic rings. The van der Waals surface area contributed by atoms with Crippen molar-refractivity contribution in [2.45, 2.75) is 51.3 Å². The van der Waals surface area contributed by atoms with Crippen LogP contribution in [0.3, 0.4) is 0 Å². The van der Waals surface area contributed by atoms with Gasteiger partial charge in [0.05, 0.1) is 0 Å². The van der Waals surface area contributed by atoms with Crippen LogP contribution < -0.4 is 16.1 Å². The second-order valence-corrected chi connectivity index (χ2v) is 9.63. The molecular weight excluding hydrogens is 467 g/mol. The molecule has 0 bridgehead atoms. The molecule has 1 heterocycles. The number of amides is 3. The van der Waals surface area contributed by atoms with Gasteiger partial charge in [0.1, 0.15) is 0 Å². The Morgan fingerprint density at radius 1 is 1.22 bits per heavy atom. The minimum atomic E-state index is -0.883. The summed E-state index contributed by atoms with van der Waals surface area (Å²) in [6.45, 7) is 13.6. The Kier molecular flexibility index (Phi) is 9.77. The van der Waals surface area contributed by atoms with Crippen LogP contribution in [0.1, 0.15) is 37.3 Å². The van der Waals surface area contributed by atoms with Crippen molar-refractivity contribution >= 4 is 48.5 Å². The van der Waals surface area contributed by atoms with Crippen molar-refractivity contribution in [3.63, 3.8) is 0 Å². The number of nitrogens with one attached hydrogen (secondary N) is 2. The standard InChI is InChI=1S/C28H37BN4O4/c1-7-32(5)16-19(3)23-14-22(11-8-18(23)2)30-27(35)24-15-26(37-6)25(17-34)33(24)28(36)31-21-12-9-20(29-4)10-13-21/h8-14,17,19,24-26H,4,7,15-16H2,1-3,5-6H3,(H,30,35)(H,31,36)/t19?,24-,25?,26?/m1/s1. The Bertz CT molecular complexity index is 1120. The SMILES string of the molecule is C=Bc1ccc(NC(=O)N2C(C=O)C(OC)C[C@@H]2C(=O)Nc2ccc(C)c(C(C)CN(C)CC)c2)cc1. The van der Waals surface area contributed by atoms with Gasteiger partial charge in [-0.1, -0.05) is 19.9 Å². The number of nitrogens with zero attached hydrogens (tertiary/aromatic N) is 2. The number of benzene rings is 2. The molecule has 0 spiro atoms. The van der Waals surface area contributed by atoms with E-state index in [9.17, 15) is 14.4 Å². The second-order valence-electron chi connectivity index (χ2n) is 9.63. The number of hydrogen-bond donors (Lipinski definition) is 2. The molecule has 0 aromatic heterocycles. The Morgan fingerprint density at radius 2 is 1.89 bits per heavy atom. The maximum absolute atomic E-state index is 13.5. The van der Waals surface area contributed by atoms with E-state index in [0.717, 1.165) is 29.7 Å². The zero-order valence-corrected chi connectivity index (χ0v) is 22.4. The number of ether oxygens (including phenoxy) is 1. The van der Waals surface area contributed by atoms with Crippen molar-refractivity contribution < 1.29 is 19.1 Å². The fourth-order valence-electron chi connectivity index (χ4n) is 4.82. The molecule has 1 saturated heterocycles. The van der Waals surface area contributed by atoms with Gasteiger partial charge in [0.25, 0.3) is 0 Å². The van der Waals surface area contributed by atoms with Gasteiger partial charge < -0.3 is 4.90 Å². The molecule has 3 unspecified atom stereocenters. The average Bonchev–Trinajstić information content (AvgIpc) is 3.29. The van der Waals surface area contributed by atoms with E-state index < -0.39 is 24.2 Å². The van der Waals surface area contributed by atoms with Crippen molar-refractivity contribution in [2.75, 3.05) is 37.9 Å². The predicted octanol–water partition coefficient (Wildman–Crippen LogP) is 2.64. The van der Waals surface area contributed by atoms with Gasteiger partial charge >= 0.3 is 151 Å². The number of methoxy groups -OCH3 is 1. The van der Waals surface area contributed by atoms with E-state index in [0.29, 0.717) is 17.7 Å². The van der Waals surface area contributed by atoms with Gasteiger partial charge in [-0.2, -0.15) is 0 Å². The topological polar surface area (TPSA) is 91.0 Å². The first kappa shape index (κ1) is 28.3. The minimum absolute atomic E-state index is 0.213. The number of aldehydes is 1. The quantitative estimate of drug-likeness (QED) is 0.384. The molecular formula is C28H37BN4O4. The molecule has 2 aromatic carbocycles. The predicted molar refractivity (Wildman–Crippen MR) is 150 cm³/mol. The van der Waals surface area contributed by atoms with E-state index in [1.54, 1.807) is 19.1 Å². The van der Waals surface area contributed by atoms with Crippen molar-refractivity contribution in [2.24, 2.45) is 0 Å². The normalized spacial score (nSPS) is 19.8. The third-order valence-electron chi connectivity index (χ3n) is 7.07. The van der Waals surface area contributed by atoms with Crippen molar-refractivity contribution in [1.82, 2.24) is 9.80 Å². The Morgan fingerprint density at radius 3 is 2.49 bits per heavy atom. The van der Waals surface area contributed by atoms with Crippen LogP contribution in [0.2, 0.25) is 0 Å². The van der Waals surface area contributed by atoms with E-state index in [-0.39, 0.29) is 18.2 Å². The van der Waals surface area contributed by atoms with E-state index in [2.05, 4.69) is 49.8 Å². The molecule has 37 heavy (non-hydrogen) atoms. The molecule has 0 radical (unpaired) electrons. The van der Waals surface area contributed by atoms with Gasteiger partial charge in [-0.3, -0.25) is 0 Å². The summed E-state index contributed by atoms with van der Waals surface area (Å²) in [6.07, 6.45) is 0.295. The maximum atomic E-state index is 13.5. The van der Waals surface area contributed by atoms with Crippen LogP contribution in [0.5, 0.6) is 0 Å². The number of urea groups is 1. The van der Waals surface area contributed by atoms with Gasteiger partial charge in [0, 0.05) is 6.54 Å². The zero-order valence-electron chi connectivity index (χ0n) is 22.4. The average molecular weight is 504 g/mol. The second kappa shape index (κ2) is 12.8. The first-order chi connectivity index (χ1) is 17.7. The fourth-order valence-corrected chi connectivity index (χ4v) is 4.82. The summed E-state index contributed by atoms with van der Waals surface area (Å²) in [6, 6.07) is 10.7. The Balaban J connectivity index is 1.81. The zero-order chi connectivity index (χ0) is 27.1. The molecule has 1 aliphatic heterocycles. The number of aryl methyl sites for hydroxylation is 1. The summed E-state index contributed by atoms with van der Waals surface area (Å²) in [4.78, 5) is 42.2. The van der Waals surface area contributed by atoms with Crippen LogP contribution in [0.4, 0.5) is 16.2 Å². The van der Waals surface area contributed by atoms with Crippen LogP contribution in [0.15, 0.2) is 42.5 Å². The Hall–Kier alpha value is -3.30. The third-order valence-corrected chi connectivity index (χ3v) is 7.07. The molecule has 0 aliphatic carbocycles. The van der Waals surface area contributed by atoms with Gasteiger partial charge in [-0.25, -0.2) is 0 Å². The van der Waals surface area contributed by atoms with Gasteiger partial charge in [-0.15, -0.1) is 0 Å². The Labute approximate surface area is 220 Å². The molecule has 3 rings (SSSR count). The third kappa shape index (κ3) is 6.73. The summed E-state index contributed by atoms with van der Waals surface area (Å²) < 4.78 is 5.47. The summed E-state index contributed by atoms with van der Waals surface area (Å²) in [7, 11) is 3.56. The van der Waals surface area contributed by atoms with Crippen molar-refractivity contribution in [3.8, 4) is 0 Å². The van der Waals surface area contributed by atoms with Crippen molar-refractivity contribution in [1.29, 1.82) is 0 Å². The molecule has 196 valence electrons. The van der Waals surface area contributed by atoms with E-state index >= 15 is 0 Å². The van der Waals surface area contributed by atoms with Gasteiger partial charge in [0.15, 0.2) is 0 Å². The van der Waals surface area contributed by atoms with E-state index in [1.165, 1.54) is 12.0 Å².